The molecule has 0 radical (unpaired) electrons. The maximum Gasteiger partial charge on any atom is 0.407 e. The van der Waals surface area contributed by atoms with E-state index < -0.39 is 11.6 Å². The molecule has 2 N–H and O–H groups in total. The number of carboxylic acid groups (broad SMARTS) is 1. The smallest absolute Gasteiger partial charge is 0.407 e. The Bertz CT molecular complexity index is 730. The molecular formula is C18H22N2O4. The van der Waals surface area contributed by atoms with Gasteiger partial charge in [0.2, 0.25) is 0 Å². The number of carbonyl (C=O) groups is 1. The zero-order valence-corrected chi connectivity index (χ0v) is 14.0. The van der Waals surface area contributed by atoms with E-state index in [9.17, 15) is 15.0 Å². The third-order valence-electron chi connectivity index (χ3n) is 5.16. The molecule has 1 saturated carbocycles. The number of aromatic nitrogens is 1. The van der Waals surface area contributed by atoms with Crippen molar-refractivity contribution in [3.63, 3.8) is 0 Å². The van der Waals surface area contributed by atoms with E-state index >= 15 is 0 Å². The van der Waals surface area contributed by atoms with Crippen LogP contribution in [0.3, 0.4) is 0 Å². The number of hydrogen-bond donors (Lipinski definition) is 2. The number of phenolic OH excluding ortho intramolecular Hbond substituents is 1. The van der Waals surface area contributed by atoms with Crippen LogP contribution in [0.2, 0.25) is 0 Å². The Balaban J connectivity index is 1.99. The summed E-state index contributed by atoms with van der Waals surface area (Å²) in [5.41, 5.74) is 2.10. The van der Waals surface area contributed by atoms with Crippen molar-refractivity contribution in [3.8, 4) is 17.0 Å². The summed E-state index contributed by atoms with van der Waals surface area (Å²) in [6.45, 7) is 1.86. The predicted octanol–water partition coefficient (Wildman–Crippen LogP) is 3.82. The summed E-state index contributed by atoms with van der Waals surface area (Å²) in [6.07, 6.45) is 3.41. The van der Waals surface area contributed by atoms with E-state index in [1.54, 1.807) is 31.3 Å². The summed E-state index contributed by atoms with van der Waals surface area (Å²) >= 11 is 0. The van der Waals surface area contributed by atoms with Crippen LogP contribution in [0.25, 0.3) is 11.3 Å². The molecule has 0 unspecified atom stereocenters. The van der Waals surface area contributed by atoms with E-state index in [2.05, 4.69) is 5.16 Å². The lowest BCUT2D eigenvalue weighted by molar-refractivity contribution is 0.0951. The van der Waals surface area contributed by atoms with Gasteiger partial charge in [0, 0.05) is 24.6 Å². The molecule has 1 aromatic heterocycles. The fraction of sp³-hybridized carbons (Fsp3) is 0.444. The second kappa shape index (κ2) is 6.19. The van der Waals surface area contributed by atoms with E-state index in [0.29, 0.717) is 12.2 Å². The van der Waals surface area contributed by atoms with Crippen molar-refractivity contribution in [2.24, 2.45) is 0 Å². The molecule has 1 aliphatic rings. The van der Waals surface area contributed by atoms with Crippen LogP contribution in [0, 0.1) is 6.92 Å². The van der Waals surface area contributed by atoms with Gasteiger partial charge in [-0.2, -0.15) is 0 Å². The van der Waals surface area contributed by atoms with E-state index in [1.165, 1.54) is 4.90 Å². The van der Waals surface area contributed by atoms with Crippen LogP contribution in [0.5, 0.6) is 5.75 Å². The Labute approximate surface area is 140 Å². The molecule has 0 saturated heterocycles. The van der Waals surface area contributed by atoms with Crippen LogP contribution in [0.4, 0.5) is 4.79 Å². The number of aromatic hydroxyl groups is 1. The molecule has 1 aromatic carbocycles. The lowest BCUT2D eigenvalue weighted by Gasteiger charge is -2.37. The Morgan fingerprint density at radius 3 is 2.50 bits per heavy atom. The average Bonchev–Trinajstić information content (AvgIpc) is 3.17. The second-order valence-corrected chi connectivity index (χ2v) is 6.56. The van der Waals surface area contributed by atoms with Crippen LogP contribution in [-0.2, 0) is 6.42 Å². The quantitative estimate of drug-likeness (QED) is 0.890. The lowest BCUT2D eigenvalue weighted by atomic mass is 9.86. The number of phenols is 1. The molecule has 0 atom stereocenters. The molecule has 0 aliphatic heterocycles. The number of aryl methyl sites for hydroxylation is 1. The van der Waals surface area contributed by atoms with E-state index in [4.69, 9.17) is 4.52 Å². The Hall–Kier alpha value is -2.50. The molecular weight excluding hydrogens is 308 g/mol. The van der Waals surface area contributed by atoms with E-state index in [-0.39, 0.29) is 5.75 Å². The fourth-order valence-electron chi connectivity index (χ4n) is 3.64. The third kappa shape index (κ3) is 2.84. The highest BCUT2D eigenvalue weighted by atomic mass is 16.5. The van der Waals surface area contributed by atoms with Crippen molar-refractivity contribution < 1.29 is 19.5 Å². The first-order chi connectivity index (χ1) is 11.4. The highest BCUT2D eigenvalue weighted by molar-refractivity contribution is 5.67. The van der Waals surface area contributed by atoms with Crippen LogP contribution in [0.1, 0.15) is 37.0 Å². The second-order valence-electron chi connectivity index (χ2n) is 6.56. The lowest BCUT2D eigenvalue weighted by Crippen LogP contribution is -2.48. The molecule has 1 amide bonds. The maximum absolute atomic E-state index is 11.6. The van der Waals surface area contributed by atoms with Crippen molar-refractivity contribution >= 4 is 6.09 Å². The van der Waals surface area contributed by atoms with Gasteiger partial charge in [-0.25, -0.2) is 4.79 Å². The van der Waals surface area contributed by atoms with Gasteiger partial charge in [-0.1, -0.05) is 18.0 Å². The molecule has 3 rings (SSSR count). The first-order valence-corrected chi connectivity index (χ1v) is 8.14. The molecule has 128 valence electrons. The SMILES string of the molecule is Cc1onc(-c2ccc(O)cc2)c1CC1(N(C)C(=O)O)CCCC1. The van der Waals surface area contributed by atoms with Gasteiger partial charge in [-0.15, -0.1) is 0 Å². The highest BCUT2D eigenvalue weighted by Gasteiger charge is 2.41. The topological polar surface area (TPSA) is 86.8 Å². The van der Waals surface area contributed by atoms with Crippen molar-refractivity contribution in [1.29, 1.82) is 0 Å². The molecule has 6 nitrogen and oxygen atoms in total. The number of amides is 1. The summed E-state index contributed by atoms with van der Waals surface area (Å²) in [6, 6.07) is 6.80. The van der Waals surface area contributed by atoms with E-state index in [0.717, 1.165) is 42.5 Å². The van der Waals surface area contributed by atoms with Crippen molar-refractivity contribution in [2.45, 2.75) is 44.6 Å². The van der Waals surface area contributed by atoms with Crippen molar-refractivity contribution in [3.05, 3.63) is 35.6 Å². The predicted molar refractivity (Wildman–Crippen MR) is 89.0 cm³/mol. The molecule has 0 bridgehead atoms. The van der Waals surface area contributed by atoms with Crippen molar-refractivity contribution in [2.75, 3.05) is 7.05 Å². The summed E-state index contributed by atoms with van der Waals surface area (Å²) < 4.78 is 5.40. The number of likely N-dealkylation sites (N-methyl/N-ethyl adjacent to an activating group) is 1. The van der Waals surface area contributed by atoms with Crippen LogP contribution in [0.15, 0.2) is 28.8 Å². The maximum atomic E-state index is 11.6. The minimum Gasteiger partial charge on any atom is -0.508 e. The largest absolute Gasteiger partial charge is 0.508 e. The zero-order valence-electron chi connectivity index (χ0n) is 14.0. The Morgan fingerprint density at radius 1 is 1.29 bits per heavy atom. The van der Waals surface area contributed by atoms with Crippen LogP contribution < -0.4 is 0 Å². The highest BCUT2D eigenvalue weighted by Crippen LogP contribution is 2.40. The minimum atomic E-state index is -0.905. The zero-order chi connectivity index (χ0) is 17.3. The monoisotopic (exact) mass is 330 g/mol. The van der Waals surface area contributed by atoms with E-state index in [1.807, 2.05) is 6.92 Å². The molecule has 1 fully saturated rings. The van der Waals surface area contributed by atoms with Gasteiger partial charge in [-0.05, 0) is 44.0 Å². The van der Waals surface area contributed by atoms with Gasteiger partial charge in [0.15, 0.2) is 0 Å². The summed E-state index contributed by atoms with van der Waals surface area (Å²) in [5, 5.41) is 23.1. The molecule has 1 heterocycles. The first-order valence-electron chi connectivity index (χ1n) is 8.14. The number of hydrogen-bond acceptors (Lipinski definition) is 4. The number of rotatable bonds is 4. The van der Waals surface area contributed by atoms with Gasteiger partial charge < -0.3 is 19.6 Å². The third-order valence-corrected chi connectivity index (χ3v) is 5.16. The average molecular weight is 330 g/mol. The Morgan fingerprint density at radius 2 is 1.92 bits per heavy atom. The fourth-order valence-corrected chi connectivity index (χ4v) is 3.64. The molecule has 6 heteroatoms. The summed E-state index contributed by atoms with van der Waals surface area (Å²) in [4.78, 5) is 13.0. The van der Waals surface area contributed by atoms with Crippen LogP contribution in [-0.4, -0.2) is 38.9 Å². The van der Waals surface area contributed by atoms with Gasteiger partial charge in [0.25, 0.3) is 0 Å². The standard InChI is InChI=1S/C18H22N2O4/c1-12-15(11-18(9-3-4-10-18)20(2)17(22)23)16(19-24-12)13-5-7-14(21)8-6-13/h5-8,21H,3-4,9-11H2,1-2H3,(H,22,23). The van der Waals surface area contributed by atoms with Crippen LogP contribution >= 0.6 is 0 Å². The summed E-state index contributed by atoms with van der Waals surface area (Å²) in [5.74, 6) is 0.904. The van der Waals surface area contributed by atoms with Gasteiger partial charge in [0.1, 0.15) is 17.2 Å². The molecule has 0 spiro atoms. The van der Waals surface area contributed by atoms with Crippen molar-refractivity contribution in [1.82, 2.24) is 10.1 Å². The first kappa shape index (κ1) is 16.4. The van der Waals surface area contributed by atoms with Gasteiger partial charge in [-0.3, -0.25) is 0 Å². The number of nitrogens with zero attached hydrogens (tertiary/aromatic N) is 2. The molecule has 24 heavy (non-hydrogen) atoms. The normalized spacial score (nSPS) is 16.2. The summed E-state index contributed by atoms with van der Waals surface area (Å²) in [7, 11) is 1.65. The molecule has 1 aliphatic carbocycles. The Kier molecular flexibility index (Phi) is 4.22. The van der Waals surface area contributed by atoms with Gasteiger partial charge in [0.05, 0.1) is 5.54 Å². The number of benzene rings is 1. The van der Waals surface area contributed by atoms with Gasteiger partial charge >= 0.3 is 6.09 Å². The molecule has 2 aromatic rings. The minimum absolute atomic E-state index is 0.193.